The summed E-state index contributed by atoms with van der Waals surface area (Å²) in [7, 11) is 2.12. The number of quaternary nitrogens is 1. The molecule has 3 unspecified atom stereocenters. The molecule has 1 fully saturated rings. The number of likely N-dealkylation sites (tertiary alicyclic amines) is 1. The van der Waals surface area contributed by atoms with Crippen LogP contribution in [-0.2, 0) is 4.79 Å². The van der Waals surface area contributed by atoms with Crippen molar-refractivity contribution < 1.29 is 26.5 Å². The Morgan fingerprint density at radius 2 is 1.72 bits per heavy atom. The van der Waals surface area contributed by atoms with Crippen LogP contribution in [0.15, 0.2) is 66.7 Å². The molecule has 5 nitrogen and oxygen atoms in total. The van der Waals surface area contributed by atoms with E-state index in [0.29, 0.717) is 32.3 Å². The summed E-state index contributed by atoms with van der Waals surface area (Å²) in [6.07, 6.45) is 0.796. The molecule has 0 aliphatic carbocycles. The van der Waals surface area contributed by atoms with E-state index in [-0.39, 0.29) is 36.2 Å². The minimum atomic E-state index is -0.0687. The minimum absolute atomic E-state index is 0. The van der Waals surface area contributed by atoms with Gasteiger partial charge in [-0.15, -0.1) is 0 Å². The predicted octanol–water partition coefficient (Wildman–Crippen LogP) is 2.91. The van der Waals surface area contributed by atoms with Crippen LogP contribution in [0, 0.1) is 6.92 Å². The van der Waals surface area contributed by atoms with Crippen molar-refractivity contribution in [2.45, 2.75) is 25.3 Å². The molecule has 3 aromatic carbocycles. The molecule has 0 bridgehead atoms. The van der Waals surface area contributed by atoms with Crippen molar-refractivity contribution in [2.24, 2.45) is 0 Å². The highest BCUT2D eigenvalue weighted by Gasteiger charge is 2.49. The second kappa shape index (κ2) is 10.4. The molecular weight excluding hydrogens is 517 g/mol. The van der Waals surface area contributed by atoms with E-state index in [1.54, 1.807) is 24.3 Å². The summed E-state index contributed by atoms with van der Waals surface area (Å²) < 4.78 is 0.596. The molecule has 2 heterocycles. The molecule has 1 saturated heterocycles. The Balaban J connectivity index is 0.00000304. The van der Waals surface area contributed by atoms with Crippen molar-refractivity contribution in [1.82, 2.24) is 0 Å². The van der Waals surface area contributed by atoms with Gasteiger partial charge in [-0.05, 0) is 42.8 Å². The number of amides is 2. The van der Waals surface area contributed by atoms with E-state index in [1.807, 2.05) is 41.3 Å². The lowest BCUT2D eigenvalue weighted by atomic mass is 9.87. The summed E-state index contributed by atoms with van der Waals surface area (Å²) >= 11 is 12.6. The Kier molecular flexibility index (Phi) is 7.67. The van der Waals surface area contributed by atoms with Crippen LogP contribution in [0.5, 0.6) is 0 Å². The highest BCUT2D eigenvalue weighted by atomic mass is 35.5. The van der Waals surface area contributed by atoms with Crippen LogP contribution in [0.25, 0.3) is 0 Å². The van der Waals surface area contributed by atoms with Crippen molar-refractivity contribution in [1.29, 1.82) is 0 Å². The van der Waals surface area contributed by atoms with Crippen molar-refractivity contribution in [3.8, 4) is 0 Å². The average Bonchev–Trinajstić information content (AvgIpc) is 3.12. The lowest BCUT2D eigenvalue weighted by Crippen LogP contribution is -3.00. The zero-order valence-electron chi connectivity index (χ0n) is 20.2. The fourth-order valence-corrected chi connectivity index (χ4v) is 5.98. The highest BCUT2D eigenvalue weighted by molar-refractivity contribution is 6.34. The third-order valence-corrected chi connectivity index (χ3v) is 7.90. The average molecular weight is 545 g/mol. The normalized spacial score (nSPS) is 22.3. The first kappa shape index (κ1) is 26.5. The molecule has 3 atom stereocenters. The monoisotopic (exact) mass is 543 g/mol. The van der Waals surface area contributed by atoms with E-state index in [4.69, 9.17) is 23.2 Å². The SMILES string of the molecule is Cc1ccc2c(c1)C1C[N+](C)(CC(=O)Nc3ccccc3Cl)CCC1N2C(=O)c1ccccc1Cl.[Cl-]. The number of nitrogens with zero attached hydrogens (tertiary/aromatic N) is 2. The molecule has 36 heavy (non-hydrogen) atoms. The topological polar surface area (TPSA) is 49.4 Å². The number of piperidine rings is 1. The van der Waals surface area contributed by atoms with Gasteiger partial charge < -0.3 is 27.1 Å². The molecule has 5 rings (SSSR count). The zero-order valence-corrected chi connectivity index (χ0v) is 22.4. The number of rotatable bonds is 4. The summed E-state index contributed by atoms with van der Waals surface area (Å²) in [6.45, 7) is 3.97. The van der Waals surface area contributed by atoms with Gasteiger partial charge in [-0.1, -0.05) is 65.2 Å². The molecule has 188 valence electrons. The molecular formula is C28H28Cl3N3O2. The smallest absolute Gasteiger partial charge is 0.279 e. The van der Waals surface area contributed by atoms with E-state index >= 15 is 0 Å². The van der Waals surface area contributed by atoms with E-state index in [9.17, 15) is 9.59 Å². The molecule has 0 radical (unpaired) electrons. The number of carbonyl (C=O) groups is 2. The summed E-state index contributed by atoms with van der Waals surface area (Å²) in [5.74, 6) is 0.00878. The standard InChI is InChI=1S/C28H27Cl2N3O2.ClH/c1-18-11-12-25-20(15-18)21-16-33(2,17-27(34)31-24-10-6-5-9-23(24)30)14-13-26(21)32(25)28(35)19-7-3-4-8-22(19)29;/h3-12,15,21,26H,13-14,16-17H2,1-2H3;1H. The molecule has 2 amide bonds. The maximum absolute atomic E-state index is 13.7. The van der Waals surface area contributed by atoms with Gasteiger partial charge in [0.2, 0.25) is 0 Å². The fourth-order valence-electron chi connectivity index (χ4n) is 5.58. The van der Waals surface area contributed by atoms with Crippen molar-refractivity contribution in [3.63, 3.8) is 0 Å². The summed E-state index contributed by atoms with van der Waals surface area (Å²) in [6, 6.07) is 20.8. The van der Waals surface area contributed by atoms with Gasteiger partial charge in [0.25, 0.3) is 11.8 Å². The maximum atomic E-state index is 13.7. The Hall–Kier alpha value is -2.57. The molecule has 0 spiro atoms. The van der Waals surface area contributed by atoms with Crippen molar-refractivity contribution >= 4 is 46.4 Å². The van der Waals surface area contributed by atoms with E-state index in [0.717, 1.165) is 30.8 Å². The Labute approximate surface area is 228 Å². The van der Waals surface area contributed by atoms with Gasteiger partial charge in [-0.25, -0.2) is 0 Å². The summed E-state index contributed by atoms with van der Waals surface area (Å²) in [5, 5.41) is 3.94. The van der Waals surface area contributed by atoms with Crippen LogP contribution in [0.4, 0.5) is 11.4 Å². The molecule has 0 aromatic heterocycles. The van der Waals surface area contributed by atoms with Gasteiger partial charge in [-0.2, -0.15) is 0 Å². The Morgan fingerprint density at radius 3 is 2.44 bits per heavy atom. The Morgan fingerprint density at radius 1 is 1.03 bits per heavy atom. The minimum Gasteiger partial charge on any atom is -1.00 e. The lowest BCUT2D eigenvalue weighted by Gasteiger charge is -2.44. The third-order valence-electron chi connectivity index (χ3n) is 7.24. The number of hydrogen-bond donors (Lipinski definition) is 1. The number of halogens is 3. The number of aryl methyl sites for hydroxylation is 1. The number of para-hydroxylation sites is 1. The molecule has 1 N–H and O–H groups in total. The Bertz CT molecular complexity index is 1310. The highest BCUT2D eigenvalue weighted by Crippen LogP contribution is 2.47. The van der Waals surface area contributed by atoms with Gasteiger partial charge in [0.15, 0.2) is 6.54 Å². The van der Waals surface area contributed by atoms with Crippen LogP contribution in [0.2, 0.25) is 10.0 Å². The fraction of sp³-hybridized carbons (Fsp3) is 0.286. The van der Waals surface area contributed by atoms with Gasteiger partial charge >= 0.3 is 0 Å². The molecule has 2 aliphatic heterocycles. The van der Waals surface area contributed by atoms with Crippen LogP contribution < -0.4 is 22.6 Å². The largest absolute Gasteiger partial charge is 1.00 e. The van der Waals surface area contributed by atoms with Gasteiger partial charge in [0, 0.05) is 12.1 Å². The van der Waals surface area contributed by atoms with Gasteiger partial charge in [0.05, 0.1) is 53.4 Å². The number of benzene rings is 3. The number of hydrogen-bond acceptors (Lipinski definition) is 2. The number of fused-ring (bicyclic) bond motifs is 3. The first-order valence-electron chi connectivity index (χ1n) is 11.8. The van der Waals surface area contributed by atoms with Crippen LogP contribution in [-0.4, -0.2) is 49.0 Å². The van der Waals surface area contributed by atoms with Crippen LogP contribution in [0.3, 0.4) is 0 Å². The van der Waals surface area contributed by atoms with Crippen LogP contribution in [0.1, 0.15) is 33.8 Å². The number of nitrogens with one attached hydrogen (secondary N) is 1. The molecule has 8 heteroatoms. The molecule has 3 aromatic rings. The van der Waals surface area contributed by atoms with E-state index < -0.39 is 0 Å². The quantitative estimate of drug-likeness (QED) is 0.514. The number of carbonyl (C=O) groups excluding carboxylic acids is 2. The molecule has 2 aliphatic rings. The van der Waals surface area contributed by atoms with Crippen LogP contribution >= 0.6 is 23.2 Å². The summed E-state index contributed by atoms with van der Waals surface area (Å²) in [5.41, 5.74) is 4.42. The number of likely N-dealkylation sites (N-methyl/N-ethyl adjacent to an activating group) is 1. The second-order valence-corrected chi connectivity index (χ2v) is 10.7. The molecule has 0 saturated carbocycles. The maximum Gasteiger partial charge on any atom is 0.279 e. The zero-order chi connectivity index (χ0) is 24.7. The van der Waals surface area contributed by atoms with Crippen molar-refractivity contribution in [3.05, 3.63) is 93.5 Å². The van der Waals surface area contributed by atoms with Gasteiger partial charge in [0.1, 0.15) is 0 Å². The van der Waals surface area contributed by atoms with E-state index in [2.05, 4.69) is 25.4 Å². The third kappa shape index (κ3) is 4.98. The van der Waals surface area contributed by atoms with Crippen molar-refractivity contribution in [2.75, 3.05) is 36.9 Å². The number of anilines is 2. The second-order valence-electron chi connectivity index (χ2n) is 9.89. The van der Waals surface area contributed by atoms with E-state index in [1.165, 1.54) is 5.56 Å². The first-order valence-corrected chi connectivity index (χ1v) is 12.6. The van der Waals surface area contributed by atoms with Gasteiger partial charge in [-0.3, -0.25) is 9.59 Å². The first-order chi connectivity index (χ1) is 16.8. The summed E-state index contributed by atoms with van der Waals surface area (Å²) in [4.78, 5) is 28.6. The lowest BCUT2D eigenvalue weighted by molar-refractivity contribution is -0.907. The predicted molar refractivity (Wildman–Crippen MR) is 141 cm³/mol.